The number of fused-ring (bicyclic) bond motifs is 2. The molecule has 0 bridgehead atoms. The van der Waals surface area contributed by atoms with Crippen molar-refractivity contribution in [1.29, 1.82) is 0 Å². The standard InChI is InChI=1S/C36H27ClN2O6S/c1-2-42-35(41)31-32(24-6-4-3-5-7-24)38-36-39(33(31)25-12-17-28-29(19-25)45-21-44-28)34(40)30(46-36)18-22-10-15-27(16-11-22)43-20-23-8-13-26(37)14-9-23/h3-19,33H,2,20-21H2,1H3/b30-18-. The normalized spacial score (nSPS) is 15.3. The number of ether oxygens (including phenoxy) is 4. The Balaban J connectivity index is 1.31. The first-order chi connectivity index (χ1) is 22.5. The largest absolute Gasteiger partial charge is 0.489 e. The fraction of sp³-hybridized carbons (Fsp3) is 0.139. The number of benzene rings is 4. The molecule has 1 atom stereocenters. The molecule has 230 valence electrons. The number of esters is 1. The number of halogens is 1. The summed E-state index contributed by atoms with van der Waals surface area (Å²) >= 11 is 7.24. The van der Waals surface area contributed by atoms with Gasteiger partial charge in [-0.25, -0.2) is 9.79 Å². The number of rotatable bonds is 8. The monoisotopic (exact) mass is 650 g/mol. The van der Waals surface area contributed by atoms with Crippen molar-refractivity contribution in [3.8, 4) is 17.2 Å². The summed E-state index contributed by atoms with van der Waals surface area (Å²) in [7, 11) is 0. The van der Waals surface area contributed by atoms with E-state index in [1.807, 2.05) is 91.0 Å². The molecule has 2 aliphatic heterocycles. The maximum Gasteiger partial charge on any atom is 0.338 e. The van der Waals surface area contributed by atoms with E-state index in [1.165, 1.54) is 11.3 Å². The Morgan fingerprint density at radius 3 is 2.52 bits per heavy atom. The smallest absolute Gasteiger partial charge is 0.338 e. The third kappa shape index (κ3) is 5.82. The maximum atomic E-state index is 14.2. The zero-order chi connectivity index (χ0) is 31.6. The van der Waals surface area contributed by atoms with Crippen LogP contribution < -0.4 is 29.1 Å². The fourth-order valence-electron chi connectivity index (χ4n) is 5.40. The number of aromatic nitrogens is 1. The lowest BCUT2D eigenvalue weighted by molar-refractivity contribution is -0.138. The van der Waals surface area contributed by atoms with Gasteiger partial charge in [0.15, 0.2) is 16.3 Å². The van der Waals surface area contributed by atoms with E-state index < -0.39 is 12.0 Å². The number of hydrogen-bond donors (Lipinski definition) is 0. The first-order valence-electron chi connectivity index (χ1n) is 14.6. The molecule has 1 unspecified atom stereocenters. The molecule has 8 nitrogen and oxygen atoms in total. The molecule has 46 heavy (non-hydrogen) atoms. The highest BCUT2D eigenvalue weighted by molar-refractivity contribution is 7.07. The van der Waals surface area contributed by atoms with E-state index in [-0.39, 0.29) is 24.5 Å². The third-order valence-corrected chi connectivity index (χ3v) is 8.82. The molecule has 0 saturated carbocycles. The molecule has 4 aromatic carbocycles. The second kappa shape index (κ2) is 12.7. The van der Waals surface area contributed by atoms with Gasteiger partial charge >= 0.3 is 5.97 Å². The first kappa shape index (κ1) is 29.6. The summed E-state index contributed by atoms with van der Waals surface area (Å²) in [5, 5.41) is 0.675. The molecule has 0 saturated heterocycles. The van der Waals surface area contributed by atoms with Crippen LogP contribution in [0, 0.1) is 0 Å². The predicted molar refractivity (Wildman–Crippen MR) is 176 cm³/mol. The van der Waals surface area contributed by atoms with Crippen molar-refractivity contribution in [3.05, 3.63) is 150 Å². The van der Waals surface area contributed by atoms with Crippen LogP contribution in [0.2, 0.25) is 5.02 Å². The molecule has 0 N–H and O–H groups in total. The van der Waals surface area contributed by atoms with Crippen LogP contribution in [0.15, 0.2) is 112 Å². The van der Waals surface area contributed by atoms with Crippen LogP contribution in [0.3, 0.4) is 0 Å². The van der Waals surface area contributed by atoms with Gasteiger partial charge in [-0.2, -0.15) is 0 Å². The highest BCUT2D eigenvalue weighted by Gasteiger charge is 2.36. The van der Waals surface area contributed by atoms with Gasteiger partial charge in [-0.05, 0) is 66.1 Å². The fourth-order valence-corrected chi connectivity index (χ4v) is 6.52. The zero-order valence-electron chi connectivity index (χ0n) is 24.6. The van der Waals surface area contributed by atoms with Crippen molar-refractivity contribution in [2.45, 2.75) is 19.6 Å². The summed E-state index contributed by atoms with van der Waals surface area (Å²) in [5.41, 5.74) is 3.68. The minimum atomic E-state index is -0.814. The average molecular weight is 651 g/mol. The van der Waals surface area contributed by atoms with E-state index in [4.69, 9.17) is 35.5 Å². The Morgan fingerprint density at radius 1 is 1.00 bits per heavy atom. The topological polar surface area (TPSA) is 88.4 Å². The molecule has 7 rings (SSSR count). The highest BCUT2D eigenvalue weighted by Crippen LogP contribution is 2.40. The Morgan fingerprint density at radius 2 is 1.76 bits per heavy atom. The Labute approximate surface area is 273 Å². The summed E-state index contributed by atoms with van der Waals surface area (Å²) in [6.45, 7) is 2.42. The molecular formula is C36H27ClN2O6S. The molecule has 0 fully saturated rings. The van der Waals surface area contributed by atoms with Crippen molar-refractivity contribution in [2.24, 2.45) is 4.99 Å². The second-order valence-corrected chi connectivity index (χ2v) is 12.0. The van der Waals surface area contributed by atoms with E-state index in [9.17, 15) is 9.59 Å². The van der Waals surface area contributed by atoms with Gasteiger partial charge in [-0.15, -0.1) is 0 Å². The van der Waals surface area contributed by atoms with Gasteiger partial charge in [0, 0.05) is 10.6 Å². The van der Waals surface area contributed by atoms with Crippen LogP contribution in [0.1, 0.15) is 35.2 Å². The van der Waals surface area contributed by atoms with Gasteiger partial charge in [0.1, 0.15) is 12.4 Å². The predicted octanol–water partition coefficient (Wildman–Crippen LogP) is 5.90. The first-order valence-corrected chi connectivity index (χ1v) is 15.8. The van der Waals surface area contributed by atoms with E-state index in [1.54, 1.807) is 23.6 Å². The Kier molecular flexibility index (Phi) is 8.17. The molecule has 3 heterocycles. The van der Waals surface area contributed by atoms with Crippen LogP contribution in [0.5, 0.6) is 17.2 Å². The minimum Gasteiger partial charge on any atom is -0.489 e. The molecule has 0 radical (unpaired) electrons. The molecular weight excluding hydrogens is 624 g/mol. The van der Waals surface area contributed by atoms with Crippen molar-refractivity contribution < 1.29 is 23.7 Å². The van der Waals surface area contributed by atoms with Gasteiger partial charge in [-0.3, -0.25) is 9.36 Å². The minimum absolute atomic E-state index is 0.0995. The Hall–Kier alpha value is -5.12. The lowest BCUT2D eigenvalue weighted by atomic mass is 9.93. The number of carbonyl (C=O) groups is 1. The van der Waals surface area contributed by atoms with Gasteiger partial charge in [0.25, 0.3) is 5.56 Å². The average Bonchev–Trinajstić information content (AvgIpc) is 3.68. The molecule has 0 amide bonds. The van der Waals surface area contributed by atoms with E-state index in [2.05, 4.69) is 0 Å². The summed E-state index contributed by atoms with van der Waals surface area (Å²) < 4.78 is 24.7. The van der Waals surface area contributed by atoms with E-state index in [0.29, 0.717) is 49.5 Å². The molecule has 0 spiro atoms. The van der Waals surface area contributed by atoms with Crippen molar-refractivity contribution in [1.82, 2.24) is 4.57 Å². The SMILES string of the molecule is CCOC(=O)C1=C(c2ccccc2)N=c2s/c(=C\c3ccc(OCc4ccc(Cl)cc4)cc3)c(=O)n2C1c1ccc2c(c1)OCO2. The molecule has 0 aliphatic carbocycles. The molecule has 10 heteroatoms. The van der Waals surface area contributed by atoms with Crippen LogP contribution in [-0.2, 0) is 16.1 Å². The van der Waals surface area contributed by atoms with Crippen LogP contribution in [0.25, 0.3) is 11.8 Å². The number of thiazole rings is 1. The van der Waals surface area contributed by atoms with Crippen molar-refractivity contribution in [3.63, 3.8) is 0 Å². The molecule has 2 aliphatic rings. The number of carbonyl (C=O) groups excluding carboxylic acids is 1. The summed E-state index contributed by atoms with van der Waals surface area (Å²) in [5.74, 6) is 1.29. The summed E-state index contributed by atoms with van der Waals surface area (Å²) in [6, 6.07) is 29.1. The second-order valence-electron chi connectivity index (χ2n) is 10.5. The number of hydrogen-bond acceptors (Lipinski definition) is 8. The van der Waals surface area contributed by atoms with Gasteiger partial charge in [-0.1, -0.05) is 83.6 Å². The molecule has 1 aromatic heterocycles. The number of nitrogens with zero attached hydrogens (tertiary/aromatic N) is 2. The summed E-state index contributed by atoms with van der Waals surface area (Å²) in [4.78, 5) is 33.2. The van der Waals surface area contributed by atoms with E-state index >= 15 is 0 Å². The quantitative estimate of drug-likeness (QED) is 0.195. The van der Waals surface area contributed by atoms with Crippen LogP contribution in [-0.4, -0.2) is 23.9 Å². The van der Waals surface area contributed by atoms with Crippen molar-refractivity contribution >= 4 is 40.7 Å². The summed E-state index contributed by atoms with van der Waals surface area (Å²) in [6.07, 6.45) is 1.82. The lowest BCUT2D eigenvalue weighted by Crippen LogP contribution is -2.40. The van der Waals surface area contributed by atoms with Crippen molar-refractivity contribution in [2.75, 3.05) is 13.4 Å². The zero-order valence-corrected chi connectivity index (χ0v) is 26.2. The maximum absolute atomic E-state index is 14.2. The highest BCUT2D eigenvalue weighted by atomic mass is 35.5. The van der Waals surface area contributed by atoms with Gasteiger partial charge in [0.2, 0.25) is 6.79 Å². The van der Waals surface area contributed by atoms with E-state index in [0.717, 1.165) is 16.7 Å². The third-order valence-electron chi connectivity index (χ3n) is 7.58. The van der Waals surface area contributed by atoms with Gasteiger partial charge in [0.05, 0.1) is 28.5 Å². The Bertz CT molecular complexity index is 2140. The van der Waals surface area contributed by atoms with Crippen LogP contribution >= 0.6 is 22.9 Å². The van der Waals surface area contributed by atoms with Gasteiger partial charge < -0.3 is 18.9 Å². The van der Waals surface area contributed by atoms with Crippen LogP contribution in [0.4, 0.5) is 0 Å². The molecule has 5 aromatic rings. The lowest BCUT2D eigenvalue weighted by Gasteiger charge is -2.26.